The summed E-state index contributed by atoms with van der Waals surface area (Å²) < 4.78 is 2.90. The molecule has 3 aromatic carbocycles. The van der Waals surface area contributed by atoms with Gasteiger partial charge in [-0.3, -0.25) is 9.36 Å². The zero-order valence-electron chi connectivity index (χ0n) is 17.0. The molecule has 6 nitrogen and oxygen atoms in total. The number of carbonyl (C=O) groups excluding carboxylic acids is 1. The van der Waals surface area contributed by atoms with Gasteiger partial charge in [-0.25, -0.2) is 5.43 Å². The first-order valence-corrected chi connectivity index (χ1v) is 12.2. The number of para-hydroxylation sites is 1. The molecular formula is C23H16BrCl2N5OS. The third-order valence-corrected chi connectivity index (χ3v) is 6.58. The number of amides is 1. The molecule has 4 aromatic rings. The van der Waals surface area contributed by atoms with Gasteiger partial charge in [0.15, 0.2) is 11.0 Å². The van der Waals surface area contributed by atoms with Crippen molar-refractivity contribution in [2.45, 2.75) is 5.16 Å². The Kier molecular flexibility index (Phi) is 7.82. The van der Waals surface area contributed by atoms with E-state index in [1.807, 2.05) is 59.2 Å². The van der Waals surface area contributed by atoms with Crippen LogP contribution < -0.4 is 5.43 Å². The van der Waals surface area contributed by atoms with Crippen molar-refractivity contribution in [1.82, 2.24) is 20.2 Å². The molecule has 10 heteroatoms. The van der Waals surface area contributed by atoms with Crippen LogP contribution in [0.25, 0.3) is 17.1 Å². The Bertz CT molecular complexity index is 1280. The Morgan fingerprint density at radius 2 is 1.70 bits per heavy atom. The smallest absolute Gasteiger partial charge is 0.250 e. The molecule has 166 valence electrons. The van der Waals surface area contributed by atoms with Crippen molar-refractivity contribution in [3.05, 3.63) is 92.9 Å². The Labute approximate surface area is 213 Å². The summed E-state index contributed by atoms with van der Waals surface area (Å²) in [7, 11) is 0. The van der Waals surface area contributed by atoms with Crippen molar-refractivity contribution < 1.29 is 4.79 Å². The molecule has 0 unspecified atom stereocenters. The van der Waals surface area contributed by atoms with E-state index < -0.39 is 0 Å². The molecule has 0 fully saturated rings. The largest absolute Gasteiger partial charge is 0.272 e. The van der Waals surface area contributed by atoms with Crippen LogP contribution in [-0.4, -0.2) is 32.6 Å². The second-order valence-electron chi connectivity index (χ2n) is 6.70. The summed E-state index contributed by atoms with van der Waals surface area (Å²) in [5.41, 5.74) is 4.84. The average Bonchev–Trinajstić information content (AvgIpc) is 3.24. The minimum Gasteiger partial charge on any atom is -0.272 e. The Balaban J connectivity index is 1.50. The van der Waals surface area contributed by atoms with Gasteiger partial charge in [0, 0.05) is 21.3 Å². The molecule has 1 heterocycles. The van der Waals surface area contributed by atoms with Gasteiger partial charge in [0.05, 0.1) is 22.0 Å². The number of aromatic nitrogens is 3. The summed E-state index contributed by atoms with van der Waals surface area (Å²) in [4.78, 5) is 12.4. The number of halogens is 3. The van der Waals surface area contributed by atoms with Gasteiger partial charge < -0.3 is 0 Å². The fraction of sp³-hybridized carbons (Fsp3) is 0.0435. The number of hydrogen-bond donors (Lipinski definition) is 1. The first-order valence-electron chi connectivity index (χ1n) is 9.68. The van der Waals surface area contributed by atoms with Crippen LogP contribution in [0.15, 0.2) is 87.5 Å². The van der Waals surface area contributed by atoms with Crippen LogP contribution >= 0.6 is 50.9 Å². The molecule has 1 amide bonds. The molecule has 1 N–H and O–H groups in total. The SMILES string of the molecule is O=C(CSc1nnc(-c2ccc(Br)cc2)n1-c1ccccc1)NN=Cc1c(Cl)cccc1Cl. The minimum atomic E-state index is -0.299. The minimum absolute atomic E-state index is 0.0961. The predicted molar refractivity (Wildman–Crippen MR) is 137 cm³/mol. The van der Waals surface area contributed by atoms with Crippen LogP contribution in [0, 0.1) is 0 Å². The third kappa shape index (κ3) is 5.83. The van der Waals surface area contributed by atoms with E-state index in [2.05, 4.69) is 36.7 Å². The quantitative estimate of drug-likeness (QED) is 0.165. The monoisotopic (exact) mass is 559 g/mol. The maximum Gasteiger partial charge on any atom is 0.250 e. The Hall–Kier alpha value is -2.65. The maximum atomic E-state index is 12.4. The van der Waals surface area contributed by atoms with Crippen LogP contribution in [0.2, 0.25) is 10.0 Å². The zero-order valence-corrected chi connectivity index (χ0v) is 20.9. The summed E-state index contributed by atoms with van der Waals surface area (Å²) in [5.74, 6) is 0.481. The van der Waals surface area contributed by atoms with Gasteiger partial charge in [0.1, 0.15) is 0 Å². The number of carbonyl (C=O) groups is 1. The number of rotatable bonds is 7. The van der Waals surface area contributed by atoms with Gasteiger partial charge in [-0.15, -0.1) is 10.2 Å². The molecule has 1 aromatic heterocycles. The highest BCUT2D eigenvalue weighted by Gasteiger charge is 2.17. The standard InChI is InChI=1S/C23H16BrCl2N5OS/c24-16-11-9-15(10-12-16)22-29-30-23(31(22)17-5-2-1-3-6-17)33-14-21(32)28-27-13-18-19(25)7-4-8-20(18)26/h1-13H,14H2,(H,28,32). The highest BCUT2D eigenvalue weighted by Crippen LogP contribution is 2.28. The van der Waals surface area contributed by atoms with Crippen molar-refractivity contribution >= 4 is 63.0 Å². The second kappa shape index (κ2) is 11.0. The van der Waals surface area contributed by atoms with Crippen molar-refractivity contribution in [2.24, 2.45) is 5.10 Å². The number of nitrogens with zero attached hydrogens (tertiary/aromatic N) is 4. The molecule has 0 bridgehead atoms. The number of hydrazone groups is 1. The van der Waals surface area contributed by atoms with E-state index >= 15 is 0 Å². The lowest BCUT2D eigenvalue weighted by molar-refractivity contribution is -0.118. The summed E-state index contributed by atoms with van der Waals surface area (Å²) in [6.45, 7) is 0. The molecule has 0 spiro atoms. The van der Waals surface area contributed by atoms with Gasteiger partial charge in [0.25, 0.3) is 5.91 Å². The second-order valence-corrected chi connectivity index (χ2v) is 9.37. The van der Waals surface area contributed by atoms with Crippen LogP contribution in [0.4, 0.5) is 0 Å². The molecule has 0 atom stereocenters. The molecule has 0 radical (unpaired) electrons. The molecular weight excluding hydrogens is 545 g/mol. The number of hydrogen-bond acceptors (Lipinski definition) is 5. The van der Waals surface area contributed by atoms with E-state index in [-0.39, 0.29) is 11.7 Å². The van der Waals surface area contributed by atoms with Gasteiger partial charge >= 0.3 is 0 Å². The van der Waals surface area contributed by atoms with Crippen LogP contribution in [0.1, 0.15) is 5.56 Å². The van der Waals surface area contributed by atoms with E-state index in [1.165, 1.54) is 18.0 Å². The highest BCUT2D eigenvalue weighted by atomic mass is 79.9. The lowest BCUT2D eigenvalue weighted by atomic mass is 10.2. The number of thioether (sulfide) groups is 1. The van der Waals surface area contributed by atoms with Crippen LogP contribution in [0.5, 0.6) is 0 Å². The molecule has 0 saturated heterocycles. The van der Waals surface area contributed by atoms with Crippen LogP contribution in [-0.2, 0) is 4.79 Å². The van der Waals surface area contributed by atoms with Crippen molar-refractivity contribution in [1.29, 1.82) is 0 Å². The lowest BCUT2D eigenvalue weighted by Gasteiger charge is -2.10. The summed E-state index contributed by atoms with van der Waals surface area (Å²) in [5, 5.41) is 14.2. The first-order chi connectivity index (χ1) is 16.0. The first kappa shape index (κ1) is 23.5. The summed E-state index contributed by atoms with van der Waals surface area (Å²) in [6.07, 6.45) is 1.42. The van der Waals surface area contributed by atoms with E-state index in [4.69, 9.17) is 23.2 Å². The van der Waals surface area contributed by atoms with Gasteiger partial charge in [-0.2, -0.15) is 5.10 Å². The molecule has 0 aliphatic heterocycles. The van der Waals surface area contributed by atoms with E-state index in [0.717, 1.165) is 15.7 Å². The topological polar surface area (TPSA) is 72.2 Å². The molecule has 0 aliphatic rings. The van der Waals surface area contributed by atoms with Crippen LogP contribution in [0.3, 0.4) is 0 Å². The third-order valence-electron chi connectivity index (χ3n) is 4.47. The molecule has 0 aliphatic carbocycles. The fourth-order valence-electron chi connectivity index (χ4n) is 2.92. The maximum absolute atomic E-state index is 12.4. The molecule has 0 saturated carbocycles. The van der Waals surface area contributed by atoms with E-state index in [0.29, 0.717) is 26.6 Å². The van der Waals surface area contributed by atoms with E-state index in [9.17, 15) is 4.79 Å². The number of benzene rings is 3. The zero-order chi connectivity index (χ0) is 23.2. The van der Waals surface area contributed by atoms with E-state index in [1.54, 1.807) is 18.2 Å². The molecule has 4 rings (SSSR count). The normalized spacial score (nSPS) is 11.1. The highest BCUT2D eigenvalue weighted by molar-refractivity contribution is 9.10. The van der Waals surface area contributed by atoms with Crippen molar-refractivity contribution in [3.8, 4) is 17.1 Å². The Morgan fingerprint density at radius 3 is 2.39 bits per heavy atom. The lowest BCUT2D eigenvalue weighted by Crippen LogP contribution is -2.20. The fourth-order valence-corrected chi connectivity index (χ4v) is 4.43. The van der Waals surface area contributed by atoms with Gasteiger partial charge in [-0.1, -0.05) is 87.3 Å². The summed E-state index contributed by atoms with van der Waals surface area (Å²) in [6, 6.07) is 22.7. The average molecular weight is 561 g/mol. The Morgan fingerprint density at radius 1 is 1.00 bits per heavy atom. The van der Waals surface area contributed by atoms with Gasteiger partial charge in [0.2, 0.25) is 0 Å². The molecule has 33 heavy (non-hydrogen) atoms. The van der Waals surface area contributed by atoms with Gasteiger partial charge in [-0.05, 0) is 36.4 Å². The summed E-state index contributed by atoms with van der Waals surface area (Å²) >= 11 is 16.9. The predicted octanol–water partition coefficient (Wildman–Crippen LogP) is 6.25. The van der Waals surface area contributed by atoms with Crippen molar-refractivity contribution in [2.75, 3.05) is 5.75 Å². The van der Waals surface area contributed by atoms with Crippen molar-refractivity contribution in [3.63, 3.8) is 0 Å². The number of nitrogens with one attached hydrogen (secondary N) is 1.